The zero-order valence-corrected chi connectivity index (χ0v) is 18.7. The normalized spacial score (nSPS) is 13.0. The first kappa shape index (κ1) is 23.7. The number of rotatable bonds is 5. The number of nitrogens with zero attached hydrogens (tertiary/aromatic N) is 5. The van der Waals surface area contributed by atoms with E-state index in [4.69, 9.17) is 11.6 Å². The Morgan fingerprint density at radius 1 is 1.22 bits per heavy atom. The quantitative estimate of drug-likeness (QED) is 0.582. The smallest absolute Gasteiger partial charge is 0.342 e. The predicted octanol–water partition coefficient (Wildman–Crippen LogP) is 4.18. The maximum absolute atomic E-state index is 13.1. The fourth-order valence-corrected chi connectivity index (χ4v) is 3.60. The van der Waals surface area contributed by atoms with E-state index in [1.807, 2.05) is 0 Å². The molecule has 3 aromatic rings. The molecule has 170 valence electrons. The summed E-state index contributed by atoms with van der Waals surface area (Å²) in [6.07, 6.45) is 0.986. The van der Waals surface area contributed by atoms with Crippen LogP contribution in [0.4, 0.5) is 18.9 Å². The predicted molar refractivity (Wildman–Crippen MR) is 114 cm³/mol. The van der Waals surface area contributed by atoms with Crippen LogP contribution in [-0.2, 0) is 15.9 Å². The molecule has 1 amide bonds. The molecule has 32 heavy (non-hydrogen) atoms. The lowest BCUT2D eigenvalue weighted by molar-refractivity contribution is -0.137. The first-order valence-corrected chi connectivity index (χ1v) is 11.8. The molecule has 0 fully saturated rings. The van der Waals surface area contributed by atoms with E-state index in [9.17, 15) is 22.2 Å². The van der Waals surface area contributed by atoms with Crippen molar-refractivity contribution in [1.29, 1.82) is 0 Å². The van der Waals surface area contributed by atoms with Crippen molar-refractivity contribution in [1.82, 2.24) is 25.1 Å². The molecule has 0 radical (unpaired) electrons. The van der Waals surface area contributed by atoms with Crippen LogP contribution in [0.5, 0.6) is 0 Å². The minimum atomic E-state index is -4.69. The number of carbonyl (C=O) groups excluding carboxylic acids is 1. The summed E-state index contributed by atoms with van der Waals surface area (Å²) in [4.78, 5) is 20.9. The van der Waals surface area contributed by atoms with Crippen molar-refractivity contribution >= 4 is 32.9 Å². The second-order valence-electron chi connectivity index (χ2n) is 7.06. The Bertz CT molecular complexity index is 1260. The summed E-state index contributed by atoms with van der Waals surface area (Å²) in [7, 11) is -2.35. The topological polar surface area (TPSA) is 102 Å². The van der Waals surface area contributed by atoms with Crippen molar-refractivity contribution in [3.8, 4) is 5.82 Å². The first-order chi connectivity index (χ1) is 14.8. The third kappa shape index (κ3) is 5.62. The average molecular weight is 487 g/mol. The molecule has 1 N–H and O–H groups in total. The van der Waals surface area contributed by atoms with Crippen LogP contribution >= 0.6 is 11.6 Å². The summed E-state index contributed by atoms with van der Waals surface area (Å²) < 4.78 is 56.4. The van der Waals surface area contributed by atoms with Gasteiger partial charge in [-0.1, -0.05) is 11.6 Å². The van der Waals surface area contributed by atoms with E-state index in [-0.39, 0.29) is 5.56 Å². The van der Waals surface area contributed by atoms with Gasteiger partial charge in [0.15, 0.2) is 11.6 Å². The molecule has 0 aliphatic heterocycles. The van der Waals surface area contributed by atoms with Crippen LogP contribution < -0.4 is 5.32 Å². The minimum absolute atomic E-state index is 0.202. The Labute approximate surface area is 187 Å². The second kappa shape index (κ2) is 8.87. The average Bonchev–Trinajstić information content (AvgIpc) is 3.16. The molecule has 0 aliphatic carbocycles. The molecule has 0 unspecified atom stereocenters. The van der Waals surface area contributed by atoms with E-state index in [1.54, 1.807) is 19.1 Å². The standard InChI is InChI=1S/C19H18ClF3N6O2S/c1-11(27-18(30)12-4-6-15(20)14(8-12)19(21,22)23)17-25-10-26-29(17)16-7-5-13(9-24-16)28-32(2,3)31/h4-11H,1-3H3,(H,27,30)/t11-/m0/s1. The number of halogens is 4. The van der Waals surface area contributed by atoms with Crippen LogP contribution in [0.15, 0.2) is 47.2 Å². The fraction of sp³-hybridized carbons (Fsp3) is 0.263. The molecule has 0 saturated carbocycles. The van der Waals surface area contributed by atoms with Crippen molar-refractivity contribution < 1.29 is 22.2 Å². The van der Waals surface area contributed by atoms with Crippen molar-refractivity contribution in [2.24, 2.45) is 4.36 Å². The number of alkyl halides is 3. The molecule has 0 aliphatic rings. The van der Waals surface area contributed by atoms with Crippen LogP contribution in [0.3, 0.4) is 0 Å². The Morgan fingerprint density at radius 2 is 1.94 bits per heavy atom. The third-order valence-electron chi connectivity index (χ3n) is 4.12. The lowest BCUT2D eigenvalue weighted by Crippen LogP contribution is -2.29. The number of pyridine rings is 1. The molecule has 13 heteroatoms. The highest BCUT2D eigenvalue weighted by Gasteiger charge is 2.34. The van der Waals surface area contributed by atoms with Crippen LogP contribution in [-0.4, -0.2) is 42.4 Å². The number of hydrogen-bond acceptors (Lipinski definition) is 6. The molecule has 2 aromatic heterocycles. The molecule has 0 bridgehead atoms. The van der Waals surface area contributed by atoms with E-state index < -0.39 is 38.4 Å². The van der Waals surface area contributed by atoms with Gasteiger partial charge in [0.25, 0.3) is 5.91 Å². The summed E-state index contributed by atoms with van der Waals surface area (Å²) in [5, 5.41) is 6.19. The Hall–Kier alpha value is -2.99. The van der Waals surface area contributed by atoms with Crippen molar-refractivity contribution in [3.05, 3.63) is 64.8 Å². The van der Waals surface area contributed by atoms with Gasteiger partial charge in [0.1, 0.15) is 6.33 Å². The number of amides is 1. The number of aromatic nitrogens is 4. The zero-order chi connectivity index (χ0) is 23.7. The number of carbonyl (C=O) groups is 1. The summed E-state index contributed by atoms with van der Waals surface area (Å²) in [5.41, 5.74) is -0.873. The SMILES string of the molecule is C[C@H](NC(=O)c1ccc(Cl)c(C(F)(F)F)c1)c1ncnn1-c1ccc(N=S(C)(C)=O)cn1. The molecular weight excluding hydrogens is 469 g/mol. The summed E-state index contributed by atoms with van der Waals surface area (Å²) >= 11 is 5.60. The molecule has 2 heterocycles. The monoisotopic (exact) mass is 486 g/mol. The number of hydrogen-bond donors (Lipinski definition) is 1. The largest absolute Gasteiger partial charge is 0.417 e. The van der Waals surface area contributed by atoms with Crippen molar-refractivity contribution in [3.63, 3.8) is 0 Å². The highest BCUT2D eigenvalue weighted by atomic mass is 35.5. The second-order valence-corrected chi connectivity index (χ2v) is 10.0. The van der Waals surface area contributed by atoms with Crippen molar-refractivity contribution in [2.45, 2.75) is 19.1 Å². The number of nitrogens with one attached hydrogen (secondary N) is 1. The lowest BCUT2D eigenvalue weighted by Gasteiger charge is -2.15. The van der Waals surface area contributed by atoms with E-state index >= 15 is 0 Å². The van der Waals surface area contributed by atoms with Crippen LogP contribution in [0, 0.1) is 0 Å². The highest BCUT2D eigenvalue weighted by Crippen LogP contribution is 2.35. The Balaban J connectivity index is 1.82. The summed E-state index contributed by atoms with van der Waals surface area (Å²) in [6, 6.07) is 5.40. The fourth-order valence-electron chi connectivity index (χ4n) is 2.76. The van der Waals surface area contributed by atoms with Gasteiger partial charge in [0.2, 0.25) is 0 Å². The van der Waals surface area contributed by atoms with Gasteiger partial charge in [-0.3, -0.25) is 4.79 Å². The van der Waals surface area contributed by atoms with Crippen molar-refractivity contribution in [2.75, 3.05) is 12.5 Å². The van der Waals surface area contributed by atoms with Gasteiger partial charge < -0.3 is 5.32 Å². The molecular formula is C19H18ClF3N6O2S. The maximum atomic E-state index is 13.1. The van der Waals surface area contributed by atoms with Gasteiger partial charge >= 0.3 is 6.18 Å². The molecule has 8 nitrogen and oxygen atoms in total. The molecule has 3 rings (SSSR count). The van der Waals surface area contributed by atoms with Gasteiger partial charge in [0, 0.05) is 27.8 Å². The Morgan fingerprint density at radius 3 is 2.53 bits per heavy atom. The molecule has 0 saturated heterocycles. The lowest BCUT2D eigenvalue weighted by atomic mass is 10.1. The van der Waals surface area contributed by atoms with Gasteiger partial charge in [-0.05, 0) is 37.3 Å². The van der Waals surface area contributed by atoms with E-state index in [2.05, 4.69) is 24.7 Å². The van der Waals surface area contributed by atoms with Crippen LogP contribution in [0.2, 0.25) is 5.02 Å². The maximum Gasteiger partial charge on any atom is 0.417 e. The van der Waals surface area contributed by atoms with Gasteiger partial charge in [-0.2, -0.15) is 27.3 Å². The summed E-state index contributed by atoms with van der Waals surface area (Å²) in [6.45, 7) is 1.60. The summed E-state index contributed by atoms with van der Waals surface area (Å²) in [5.74, 6) is -0.0746. The zero-order valence-electron chi connectivity index (χ0n) is 17.1. The number of benzene rings is 1. The molecule has 0 spiro atoms. The van der Waals surface area contributed by atoms with Crippen LogP contribution in [0.25, 0.3) is 5.82 Å². The van der Waals surface area contributed by atoms with Gasteiger partial charge in [-0.25, -0.2) is 14.2 Å². The van der Waals surface area contributed by atoms with Gasteiger partial charge in [0.05, 0.1) is 28.5 Å². The highest BCUT2D eigenvalue weighted by molar-refractivity contribution is 7.92. The van der Waals surface area contributed by atoms with E-state index in [1.165, 1.54) is 35.8 Å². The minimum Gasteiger partial charge on any atom is -0.342 e. The molecule has 1 aromatic carbocycles. The van der Waals surface area contributed by atoms with E-state index in [0.29, 0.717) is 23.4 Å². The molecule has 1 atom stereocenters. The van der Waals surface area contributed by atoms with E-state index in [0.717, 1.165) is 6.07 Å². The van der Waals surface area contributed by atoms with Crippen LogP contribution in [0.1, 0.15) is 34.7 Å². The Kier molecular flexibility index (Phi) is 6.56. The first-order valence-electron chi connectivity index (χ1n) is 9.06. The third-order valence-corrected chi connectivity index (χ3v) is 5.10. The van der Waals surface area contributed by atoms with Gasteiger partial charge in [-0.15, -0.1) is 0 Å².